The maximum atomic E-state index is 13.3. The van der Waals surface area contributed by atoms with Gasteiger partial charge in [-0.25, -0.2) is 0 Å². The third-order valence-electron chi connectivity index (χ3n) is 13.9. The Bertz CT molecular complexity index is 921. The molecule has 246 valence electrons. The molecule has 0 aromatic rings. The SMILES string of the molecule is C=C(C(CC1CCCCC1)CC1CC(CC)CC(C2(C(C)CC(C)C)C3CCCC(CC)C32)C1NC(=O)CN)N1CCC1. The average molecular weight is 596 g/mol. The maximum absolute atomic E-state index is 13.3. The highest BCUT2D eigenvalue weighted by atomic mass is 16.1. The molecule has 1 heterocycles. The van der Waals surface area contributed by atoms with Crippen molar-refractivity contribution in [3.63, 3.8) is 0 Å². The summed E-state index contributed by atoms with van der Waals surface area (Å²) in [7, 11) is 0. The molecule has 3 N–H and O–H groups in total. The van der Waals surface area contributed by atoms with E-state index in [1.165, 1.54) is 122 Å². The van der Waals surface area contributed by atoms with Crippen molar-refractivity contribution in [1.82, 2.24) is 10.2 Å². The van der Waals surface area contributed by atoms with E-state index in [9.17, 15) is 4.79 Å². The van der Waals surface area contributed by atoms with Crippen molar-refractivity contribution >= 4 is 5.91 Å². The maximum Gasteiger partial charge on any atom is 0.233 e. The minimum Gasteiger partial charge on any atom is -0.375 e. The third-order valence-corrected chi connectivity index (χ3v) is 13.9. The molecule has 4 saturated carbocycles. The van der Waals surface area contributed by atoms with Crippen molar-refractivity contribution in [2.45, 2.75) is 143 Å². The number of carbonyl (C=O) groups is 1. The fourth-order valence-corrected chi connectivity index (χ4v) is 11.9. The molecule has 4 aliphatic carbocycles. The molecule has 0 bridgehead atoms. The van der Waals surface area contributed by atoms with Gasteiger partial charge in [-0.3, -0.25) is 4.79 Å². The Labute approximate surface area is 266 Å². The third kappa shape index (κ3) is 6.90. The van der Waals surface area contributed by atoms with E-state index >= 15 is 0 Å². The Morgan fingerprint density at radius 3 is 2.23 bits per heavy atom. The van der Waals surface area contributed by atoms with Crippen molar-refractivity contribution in [3.05, 3.63) is 12.3 Å². The van der Waals surface area contributed by atoms with Gasteiger partial charge in [0, 0.05) is 24.8 Å². The van der Waals surface area contributed by atoms with Gasteiger partial charge < -0.3 is 16.0 Å². The van der Waals surface area contributed by atoms with E-state index in [2.05, 4.69) is 44.8 Å². The number of nitrogens with two attached hydrogens (primary N) is 1. The van der Waals surface area contributed by atoms with Crippen LogP contribution in [0.4, 0.5) is 0 Å². The van der Waals surface area contributed by atoms with E-state index in [1.807, 2.05) is 0 Å². The summed E-state index contributed by atoms with van der Waals surface area (Å²) < 4.78 is 0. The smallest absolute Gasteiger partial charge is 0.233 e. The normalized spacial score (nSPS) is 37.7. The van der Waals surface area contributed by atoms with E-state index < -0.39 is 0 Å². The molecule has 5 rings (SSSR count). The van der Waals surface area contributed by atoms with Crippen LogP contribution in [0.25, 0.3) is 0 Å². The Hall–Kier alpha value is -1.03. The molecule has 10 unspecified atom stereocenters. The lowest BCUT2D eigenvalue weighted by Gasteiger charge is -2.50. The van der Waals surface area contributed by atoms with Crippen LogP contribution in [0.15, 0.2) is 12.3 Å². The van der Waals surface area contributed by atoms with Crippen LogP contribution in [0.3, 0.4) is 0 Å². The Balaban J connectivity index is 1.50. The van der Waals surface area contributed by atoms with Crippen LogP contribution in [-0.2, 0) is 4.79 Å². The summed E-state index contributed by atoms with van der Waals surface area (Å²) in [6, 6.07) is 0.259. The highest BCUT2D eigenvalue weighted by Crippen LogP contribution is 2.77. The molecule has 4 nitrogen and oxygen atoms in total. The molecule has 0 spiro atoms. The first kappa shape index (κ1) is 33.3. The Kier molecular flexibility index (Phi) is 11.3. The van der Waals surface area contributed by atoms with E-state index in [1.54, 1.807) is 0 Å². The minimum absolute atomic E-state index is 0.0719. The summed E-state index contributed by atoms with van der Waals surface area (Å²) in [5, 5.41) is 3.71. The molecule has 1 aliphatic heterocycles. The number of likely N-dealkylation sites (tertiary alicyclic amines) is 1. The first-order valence-electron chi connectivity index (χ1n) is 19.2. The number of nitrogens with zero attached hydrogens (tertiary/aromatic N) is 1. The van der Waals surface area contributed by atoms with Gasteiger partial charge in [-0.1, -0.05) is 99.0 Å². The zero-order chi connectivity index (χ0) is 30.7. The van der Waals surface area contributed by atoms with Crippen LogP contribution >= 0.6 is 0 Å². The molecule has 5 aliphatic rings. The van der Waals surface area contributed by atoms with E-state index in [4.69, 9.17) is 12.3 Å². The lowest BCUT2D eigenvalue weighted by Crippen LogP contribution is -2.55. The van der Waals surface area contributed by atoms with Crippen LogP contribution in [0.2, 0.25) is 0 Å². The monoisotopic (exact) mass is 596 g/mol. The lowest BCUT2D eigenvalue weighted by molar-refractivity contribution is -0.122. The number of allylic oxidation sites excluding steroid dienone is 1. The fraction of sp³-hybridized carbons (Fsp3) is 0.923. The van der Waals surface area contributed by atoms with Gasteiger partial charge >= 0.3 is 0 Å². The minimum atomic E-state index is 0.0719. The summed E-state index contributed by atoms with van der Waals surface area (Å²) >= 11 is 0. The highest BCUT2D eigenvalue weighted by molar-refractivity contribution is 5.78. The highest BCUT2D eigenvalue weighted by Gasteiger charge is 2.73. The molecular weight excluding hydrogens is 526 g/mol. The predicted molar refractivity (Wildman–Crippen MR) is 181 cm³/mol. The average Bonchev–Trinajstić information content (AvgIpc) is 3.66. The van der Waals surface area contributed by atoms with E-state index in [-0.39, 0.29) is 18.5 Å². The zero-order valence-electron chi connectivity index (χ0n) is 28.9. The molecule has 4 heteroatoms. The van der Waals surface area contributed by atoms with Crippen LogP contribution in [0.1, 0.15) is 137 Å². The van der Waals surface area contributed by atoms with Gasteiger partial charge in [0.2, 0.25) is 5.91 Å². The van der Waals surface area contributed by atoms with E-state index in [0.717, 1.165) is 29.6 Å². The van der Waals surface area contributed by atoms with Crippen molar-refractivity contribution < 1.29 is 4.79 Å². The predicted octanol–water partition coefficient (Wildman–Crippen LogP) is 8.80. The quantitative estimate of drug-likeness (QED) is 0.211. The Morgan fingerprint density at radius 1 is 0.884 bits per heavy atom. The van der Waals surface area contributed by atoms with E-state index in [0.29, 0.717) is 35.0 Å². The van der Waals surface area contributed by atoms with Gasteiger partial charge in [0.05, 0.1) is 6.54 Å². The van der Waals surface area contributed by atoms with Gasteiger partial charge in [0.15, 0.2) is 0 Å². The standard InChI is InChI=1S/C39H69N3O/c1-7-29-21-33(24-32(28(6)42-18-13-19-42)22-30-14-10-9-11-15-30)38(41-36(43)25-40)35(23-29)39(27(5)20-26(3)4)34-17-12-16-31(8-2)37(34)39/h26-27,29-35,37-38H,6-25,40H2,1-5H3,(H,41,43). The largest absolute Gasteiger partial charge is 0.375 e. The first-order chi connectivity index (χ1) is 20.7. The molecule has 1 saturated heterocycles. The van der Waals surface area contributed by atoms with Gasteiger partial charge in [-0.15, -0.1) is 0 Å². The molecule has 0 aromatic heterocycles. The number of carbonyl (C=O) groups excluding carboxylic acids is 1. The number of hydrogen-bond acceptors (Lipinski definition) is 3. The Morgan fingerprint density at radius 2 is 1.63 bits per heavy atom. The molecule has 0 aromatic carbocycles. The molecule has 1 amide bonds. The first-order valence-corrected chi connectivity index (χ1v) is 19.2. The van der Waals surface area contributed by atoms with Crippen molar-refractivity contribution in [3.8, 4) is 0 Å². The summed E-state index contributed by atoms with van der Waals surface area (Å²) in [5.41, 5.74) is 7.85. The molecule has 5 fully saturated rings. The van der Waals surface area contributed by atoms with Crippen LogP contribution in [-0.4, -0.2) is 36.5 Å². The molecular formula is C39H69N3O. The second-order valence-electron chi connectivity index (χ2n) is 16.7. The lowest BCUT2D eigenvalue weighted by atomic mass is 9.58. The molecule has 43 heavy (non-hydrogen) atoms. The van der Waals surface area contributed by atoms with Crippen LogP contribution in [0.5, 0.6) is 0 Å². The molecule has 0 radical (unpaired) electrons. The fourth-order valence-electron chi connectivity index (χ4n) is 11.9. The van der Waals surface area contributed by atoms with Gasteiger partial charge in [-0.2, -0.15) is 0 Å². The van der Waals surface area contributed by atoms with Crippen molar-refractivity contribution in [2.75, 3.05) is 19.6 Å². The molecule has 10 atom stereocenters. The summed E-state index contributed by atoms with van der Waals surface area (Å²) in [6.07, 6.45) is 21.6. The second kappa shape index (κ2) is 14.6. The number of amides is 1. The summed E-state index contributed by atoms with van der Waals surface area (Å²) in [4.78, 5) is 15.9. The number of hydrogen-bond donors (Lipinski definition) is 2. The number of rotatable bonds is 14. The zero-order valence-corrected chi connectivity index (χ0v) is 28.9. The van der Waals surface area contributed by atoms with Gasteiger partial charge in [0.25, 0.3) is 0 Å². The number of fused-ring (bicyclic) bond motifs is 1. The van der Waals surface area contributed by atoms with Crippen LogP contribution in [0, 0.1) is 64.6 Å². The van der Waals surface area contributed by atoms with Crippen molar-refractivity contribution in [2.24, 2.45) is 70.3 Å². The van der Waals surface area contributed by atoms with Crippen molar-refractivity contribution in [1.29, 1.82) is 0 Å². The number of nitrogens with one attached hydrogen (secondary N) is 1. The second-order valence-corrected chi connectivity index (χ2v) is 16.7. The van der Waals surface area contributed by atoms with Gasteiger partial charge in [-0.05, 0) is 110 Å². The summed E-state index contributed by atoms with van der Waals surface area (Å²) in [5.74, 6) is 7.34. The topological polar surface area (TPSA) is 58.4 Å². The summed E-state index contributed by atoms with van der Waals surface area (Å²) in [6.45, 7) is 19.6. The van der Waals surface area contributed by atoms with Gasteiger partial charge in [0.1, 0.15) is 0 Å². The van der Waals surface area contributed by atoms with Crippen LogP contribution < -0.4 is 11.1 Å².